The molecule has 0 saturated heterocycles. The summed E-state index contributed by atoms with van der Waals surface area (Å²) in [7, 11) is 4.37. The second-order valence-electron chi connectivity index (χ2n) is 5.01. The van der Waals surface area contributed by atoms with E-state index in [0.717, 1.165) is 0 Å². The van der Waals surface area contributed by atoms with Crippen molar-refractivity contribution < 1.29 is 23.8 Å². The Hall–Kier alpha value is -3.22. The zero-order chi connectivity index (χ0) is 18.2. The molecule has 0 radical (unpaired) electrons. The Morgan fingerprint density at radius 1 is 0.960 bits per heavy atom. The molecule has 0 aliphatic heterocycles. The van der Waals surface area contributed by atoms with E-state index in [1.807, 2.05) is 0 Å². The van der Waals surface area contributed by atoms with Gasteiger partial charge in [0.2, 0.25) is 5.91 Å². The number of hydrogen-bond acceptors (Lipinski definition) is 6. The van der Waals surface area contributed by atoms with Gasteiger partial charge < -0.3 is 24.8 Å². The van der Waals surface area contributed by atoms with Gasteiger partial charge in [0.25, 0.3) is 0 Å². The van der Waals surface area contributed by atoms with Gasteiger partial charge in [-0.1, -0.05) is 12.1 Å². The zero-order valence-corrected chi connectivity index (χ0v) is 14.3. The Morgan fingerprint density at radius 3 is 2.40 bits per heavy atom. The lowest BCUT2D eigenvalue weighted by atomic mass is 10.2. The molecular formula is C18H20N2O5. The fourth-order valence-electron chi connectivity index (χ4n) is 2.20. The van der Waals surface area contributed by atoms with Gasteiger partial charge in [-0.05, 0) is 24.3 Å². The topological polar surface area (TPSA) is 85.9 Å². The number of amides is 1. The van der Waals surface area contributed by atoms with Gasteiger partial charge in [-0.25, -0.2) is 4.79 Å². The van der Waals surface area contributed by atoms with Crippen LogP contribution >= 0.6 is 0 Å². The summed E-state index contributed by atoms with van der Waals surface area (Å²) in [5.41, 5.74) is 1.40. The smallest absolute Gasteiger partial charge is 0.339 e. The van der Waals surface area contributed by atoms with Crippen molar-refractivity contribution in [2.75, 3.05) is 38.5 Å². The Kier molecular flexibility index (Phi) is 6.22. The summed E-state index contributed by atoms with van der Waals surface area (Å²) in [6.07, 6.45) is 0. The number of carbonyl (C=O) groups excluding carboxylic acids is 2. The van der Waals surface area contributed by atoms with Crippen molar-refractivity contribution in [1.82, 2.24) is 0 Å². The number of hydrogen-bond donors (Lipinski definition) is 2. The van der Waals surface area contributed by atoms with Gasteiger partial charge >= 0.3 is 5.97 Å². The number of rotatable bonds is 7. The molecule has 0 aliphatic carbocycles. The highest BCUT2D eigenvalue weighted by atomic mass is 16.5. The van der Waals surface area contributed by atoms with E-state index in [2.05, 4.69) is 10.6 Å². The molecule has 132 valence electrons. The van der Waals surface area contributed by atoms with Crippen LogP contribution in [0.25, 0.3) is 0 Å². The number of nitrogens with one attached hydrogen (secondary N) is 2. The fraction of sp³-hybridized carbons (Fsp3) is 0.222. The average Bonchev–Trinajstić information content (AvgIpc) is 2.66. The van der Waals surface area contributed by atoms with Crippen LogP contribution < -0.4 is 20.1 Å². The molecular weight excluding hydrogens is 324 g/mol. The van der Waals surface area contributed by atoms with Crippen LogP contribution in [-0.4, -0.2) is 39.8 Å². The molecule has 0 aliphatic rings. The second-order valence-corrected chi connectivity index (χ2v) is 5.01. The molecule has 0 saturated carbocycles. The van der Waals surface area contributed by atoms with Crippen molar-refractivity contribution in [2.45, 2.75) is 0 Å². The van der Waals surface area contributed by atoms with Gasteiger partial charge in [0, 0.05) is 11.8 Å². The molecule has 0 aromatic heterocycles. The largest absolute Gasteiger partial charge is 0.497 e. The molecule has 7 heteroatoms. The van der Waals surface area contributed by atoms with Crippen molar-refractivity contribution in [3.05, 3.63) is 48.0 Å². The van der Waals surface area contributed by atoms with Gasteiger partial charge in [-0.3, -0.25) is 4.79 Å². The number of methoxy groups -OCH3 is 3. The first kappa shape index (κ1) is 18.1. The Bertz CT molecular complexity index is 761. The molecule has 2 aromatic carbocycles. The Balaban J connectivity index is 2.04. The molecule has 0 unspecified atom stereocenters. The molecule has 0 spiro atoms. The summed E-state index contributed by atoms with van der Waals surface area (Å²) < 4.78 is 15.1. The van der Waals surface area contributed by atoms with E-state index in [1.54, 1.807) is 49.6 Å². The van der Waals surface area contributed by atoms with Crippen molar-refractivity contribution in [1.29, 1.82) is 0 Å². The van der Waals surface area contributed by atoms with Crippen molar-refractivity contribution in [3.8, 4) is 11.5 Å². The van der Waals surface area contributed by atoms with Gasteiger partial charge in [0.1, 0.15) is 11.5 Å². The van der Waals surface area contributed by atoms with Crippen LogP contribution in [0.15, 0.2) is 42.5 Å². The molecule has 7 nitrogen and oxygen atoms in total. The molecule has 2 N–H and O–H groups in total. The molecule has 0 fully saturated rings. The fourth-order valence-corrected chi connectivity index (χ4v) is 2.20. The van der Waals surface area contributed by atoms with E-state index >= 15 is 0 Å². The summed E-state index contributed by atoms with van der Waals surface area (Å²) >= 11 is 0. The highest BCUT2D eigenvalue weighted by molar-refractivity contribution is 5.98. The van der Waals surface area contributed by atoms with E-state index < -0.39 is 5.97 Å². The minimum atomic E-state index is -0.472. The summed E-state index contributed by atoms with van der Waals surface area (Å²) in [6, 6.07) is 11.9. The summed E-state index contributed by atoms with van der Waals surface area (Å²) in [4.78, 5) is 23.9. The number of ether oxygens (including phenoxy) is 3. The van der Waals surface area contributed by atoms with Crippen molar-refractivity contribution in [3.63, 3.8) is 0 Å². The number of esters is 1. The lowest BCUT2D eigenvalue weighted by Gasteiger charge is -2.13. The number of benzene rings is 2. The number of para-hydroxylation sites is 1. The minimum Gasteiger partial charge on any atom is -0.497 e. The first-order valence-electron chi connectivity index (χ1n) is 7.52. The average molecular weight is 344 g/mol. The number of carbonyl (C=O) groups is 2. The second kappa shape index (κ2) is 8.58. The maximum absolute atomic E-state index is 12.2. The van der Waals surface area contributed by atoms with Crippen LogP contribution in [0, 0.1) is 0 Å². The molecule has 25 heavy (non-hydrogen) atoms. The third kappa shape index (κ3) is 4.63. The maximum Gasteiger partial charge on any atom is 0.339 e. The Labute approximate surface area is 145 Å². The summed E-state index contributed by atoms with van der Waals surface area (Å²) in [5, 5.41) is 5.68. The van der Waals surface area contributed by atoms with Crippen LogP contribution in [0.3, 0.4) is 0 Å². The predicted octanol–water partition coefficient (Wildman–Crippen LogP) is 2.54. The molecule has 2 aromatic rings. The maximum atomic E-state index is 12.2. The molecule has 0 bridgehead atoms. The van der Waals surface area contributed by atoms with E-state index in [4.69, 9.17) is 14.2 Å². The first-order valence-corrected chi connectivity index (χ1v) is 7.52. The van der Waals surface area contributed by atoms with Gasteiger partial charge in [0.15, 0.2) is 0 Å². The quantitative estimate of drug-likeness (QED) is 0.751. The highest BCUT2D eigenvalue weighted by Gasteiger charge is 2.13. The van der Waals surface area contributed by atoms with E-state index in [9.17, 15) is 9.59 Å². The summed E-state index contributed by atoms with van der Waals surface area (Å²) in [6.45, 7) is -0.0246. The van der Waals surface area contributed by atoms with Crippen LogP contribution in [0.5, 0.6) is 11.5 Å². The number of anilines is 2. The van der Waals surface area contributed by atoms with Crippen molar-refractivity contribution in [2.24, 2.45) is 0 Å². The zero-order valence-electron chi connectivity index (χ0n) is 14.3. The third-order valence-electron chi connectivity index (χ3n) is 3.45. The normalized spacial score (nSPS) is 9.88. The highest BCUT2D eigenvalue weighted by Crippen LogP contribution is 2.28. The van der Waals surface area contributed by atoms with Crippen molar-refractivity contribution >= 4 is 23.3 Å². The van der Waals surface area contributed by atoms with Crippen LogP contribution in [-0.2, 0) is 9.53 Å². The first-order chi connectivity index (χ1) is 12.1. The SMILES string of the molecule is COC(=O)c1ccccc1NCC(=O)Nc1ccc(OC)cc1OC. The van der Waals surface area contributed by atoms with Gasteiger partial charge in [-0.2, -0.15) is 0 Å². The van der Waals surface area contributed by atoms with Gasteiger partial charge in [-0.15, -0.1) is 0 Å². The van der Waals surface area contributed by atoms with E-state index in [0.29, 0.717) is 28.4 Å². The summed E-state index contributed by atoms with van der Waals surface area (Å²) in [5.74, 6) is 0.353. The molecule has 0 heterocycles. The van der Waals surface area contributed by atoms with E-state index in [-0.39, 0.29) is 12.5 Å². The lowest BCUT2D eigenvalue weighted by molar-refractivity contribution is -0.114. The standard InChI is InChI=1S/C18H20N2O5/c1-23-12-8-9-15(16(10-12)24-2)20-17(21)11-19-14-7-5-4-6-13(14)18(22)25-3/h4-10,19H,11H2,1-3H3,(H,20,21). The third-order valence-corrected chi connectivity index (χ3v) is 3.45. The van der Waals surface area contributed by atoms with E-state index in [1.165, 1.54) is 14.2 Å². The van der Waals surface area contributed by atoms with Crippen LogP contribution in [0.1, 0.15) is 10.4 Å². The molecule has 1 amide bonds. The van der Waals surface area contributed by atoms with Crippen LogP contribution in [0.4, 0.5) is 11.4 Å². The Morgan fingerprint density at radius 2 is 1.72 bits per heavy atom. The predicted molar refractivity (Wildman–Crippen MR) is 94.4 cm³/mol. The van der Waals surface area contributed by atoms with Crippen LogP contribution in [0.2, 0.25) is 0 Å². The molecule has 2 rings (SSSR count). The molecule has 0 atom stereocenters. The lowest BCUT2D eigenvalue weighted by Crippen LogP contribution is -2.23. The monoisotopic (exact) mass is 344 g/mol. The van der Waals surface area contributed by atoms with Gasteiger partial charge in [0.05, 0.1) is 39.1 Å². The minimum absolute atomic E-state index is 0.0246.